The van der Waals surface area contributed by atoms with E-state index in [-0.39, 0.29) is 6.03 Å². The molecule has 1 N–H and O–H groups in total. The molecule has 0 aromatic carbocycles. The summed E-state index contributed by atoms with van der Waals surface area (Å²) in [5.74, 6) is 1.32. The van der Waals surface area contributed by atoms with Gasteiger partial charge in [-0.1, -0.05) is 13.3 Å². The number of hydrogen-bond acceptors (Lipinski definition) is 3. The Morgan fingerprint density at radius 3 is 2.15 bits per heavy atom. The molecule has 2 saturated heterocycles. The van der Waals surface area contributed by atoms with Crippen molar-refractivity contribution in [1.29, 1.82) is 0 Å². The number of amides is 2. The van der Waals surface area contributed by atoms with E-state index in [0.717, 1.165) is 31.0 Å². The summed E-state index contributed by atoms with van der Waals surface area (Å²) >= 11 is 1.88. The number of carboxylic acids is 1. The molecule has 0 bridgehead atoms. The average molecular weight is 300 g/mol. The number of piperidine rings is 1. The van der Waals surface area contributed by atoms with Crippen molar-refractivity contribution in [3.63, 3.8) is 0 Å². The predicted octanol–water partition coefficient (Wildman–Crippen LogP) is 2.12. The molecule has 0 radical (unpaired) electrons. The Kier molecular flexibility index (Phi) is 5.18. The smallest absolute Gasteiger partial charge is 0.320 e. The van der Waals surface area contributed by atoms with Crippen LogP contribution in [0, 0.1) is 5.41 Å². The SMILES string of the molecule is CCCC1(C(=O)O)CCN(C(=O)N2CCSCC2)CC1. The number of carboxylic acid groups (broad SMARTS) is 1. The van der Waals surface area contributed by atoms with Crippen LogP contribution in [0.2, 0.25) is 0 Å². The molecule has 0 aliphatic carbocycles. The van der Waals surface area contributed by atoms with Gasteiger partial charge in [0.2, 0.25) is 0 Å². The lowest BCUT2D eigenvalue weighted by Gasteiger charge is -2.41. The quantitative estimate of drug-likeness (QED) is 0.867. The van der Waals surface area contributed by atoms with Crippen LogP contribution in [0.4, 0.5) is 4.79 Å². The molecule has 0 aromatic rings. The standard InChI is InChI=1S/C14H24N2O3S/c1-2-3-14(12(17)18)4-6-15(7-5-14)13(19)16-8-10-20-11-9-16/h2-11H2,1H3,(H,17,18). The van der Waals surface area contributed by atoms with Gasteiger partial charge < -0.3 is 14.9 Å². The maximum absolute atomic E-state index is 12.4. The van der Waals surface area contributed by atoms with Gasteiger partial charge in [-0.05, 0) is 19.3 Å². The zero-order chi connectivity index (χ0) is 14.6. The lowest BCUT2D eigenvalue weighted by Crippen LogP contribution is -2.52. The van der Waals surface area contributed by atoms with Gasteiger partial charge in [0, 0.05) is 37.7 Å². The fraction of sp³-hybridized carbons (Fsp3) is 0.857. The first-order chi connectivity index (χ1) is 9.59. The molecular formula is C14H24N2O3S. The molecule has 0 aromatic heterocycles. The maximum Gasteiger partial charge on any atom is 0.320 e. The first-order valence-electron chi connectivity index (χ1n) is 7.44. The monoisotopic (exact) mass is 300 g/mol. The van der Waals surface area contributed by atoms with E-state index in [4.69, 9.17) is 0 Å². The molecule has 0 saturated carbocycles. The summed E-state index contributed by atoms with van der Waals surface area (Å²) < 4.78 is 0. The van der Waals surface area contributed by atoms with Crippen LogP contribution in [0.1, 0.15) is 32.6 Å². The Balaban J connectivity index is 1.92. The van der Waals surface area contributed by atoms with E-state index in [2.05, 4.69) is 0 Å². The first-order valence-corrected chi connectivity index (χ1v) is 8.59. The summed E-state index contributed by atoms with van der Waals surface area (Å²) in [6.45, 7) is 4.81. The maximum atomic E-state index is 12.4. The second-order valence-electron chi connectivity index (χ2n) is 5.70. The zero-order valence-corrected chi connectivity index (χ0v) is 13.0. The third kappa shape index (κ3) is 3.22. The third-order valence-corrected chi connectivity index (χ3v) is 5.40. The van der Waals surface area contributed by atoms with E-state index in [9.17, 15) is 14.7 Å². The molecule has 2 aliphatic rings. The number of carbonyl (C=O) groups excluding carboxylic acids is 1. The minimum absolute atomic E-state index is 0.0980. The molecule has 2 amide bonds. The largest absolute Gasteiger partial charge is 0.481 e. The van der Waals surface area contributed by atoms with Crippen molar-refractivity contribution in [2.75, 3.05) is 37.7 Å². The van der Waals surface area contributed by atoms with E-state index in [1.54, 1.807) is 0 Å². The number of likely N-dealkylation sites (tertiary alicyclic amines) is 1. The van der Waals surface area contributed by atoms with Gasteiger partial charge in [0.1, 0.15) is 0 Å². The molecule has 0 spiro atoms. The molecule has 0 unspecified atom stereocenters. The molecule has 2 aliphatic heterocycles. The number of thioether (sulfide) groups is 1. The Labute approximate surface area is 124 Å². The minimum atomic E-state index is -0.694. The van der Waals surface area contributed by atoms with Gasteiger partial charge >= 0.3 is 12.0 Å². The van der Waals surface area contributed by atoms with Gasteiger partial charge in [-0.3, -0.25) is 4.79 Å². The van der Waals surface area contributed by atoms with Gasteiger partial charge in [-0.2, -0.15) is 11.8 Å². The van der Waals surface area contributed by atoms with Crippen LogP contribution >= 0.6 is 11.8 Å². The fourth-order valence-corrected chi connectivity index (χ4v) is 4.03. The van der Waals surface area contributed by atoms with Crippen molar-refractivity contribution in [2.45, 2.75) is 32.6 Å². The number of aliphatic carboxylic acids is 1. The molecule has 5 nitrogen and oxygen atoms in total. The highest BCUT2D eigenvalue weighted by Crippen LogP contribution is 2.36. The lowest BCUT2D eigenvalue weighted by atomic mass is 9.75. The number of hydrogen-bond donors (Lipinski definition) is 1. The van der Waals surface area contributed by atoms with E-state index in [0.29, 0.717) is 32.4 Å². The predicted molar refractivity (Wildman–Crippen MR) is 80.1 cm³/mol. The topological polar surface area (TPSA) is 60.9 Å². The minimum Gasteiger partial charge on any atom is -0.481 e. The van der Waals surface area contributed by atoms with Crippen molar-refractivity contribution >= 4 is 23.8 Å². The molecule has 2 rings (SSSR count). The molecule has 114 valence electrons. The Morgan fingerprint density at radius 2 is 1.65 bits per heavy atom. The Morgan fingerprint density at radius 1 is 1.10 bits per heavy atom. The van der Waals surface area contributed by atoms with Crippen molar-refractivity contribution in [2.24, 2.45) is 5.41 Å². The van der Waals surface area contributed by atoms with Crippen LogP contribution in [0.25, 0.3) is 0 Å². The Hall–Kier alpha value is -0.910. The molecule has 2 fully saturated rings. The summed E-state index contributed by atoms with van der Waals surface area (Å²) in [4.78, 5) is 27.7. The highest BCUT2D eigenvalue weighted by atomic mass is 32.2. The third-order valence-electron chi connectivity index (χ3n) is 4.45. The summed E-state index contributed by atoms with van der Waals surface area (Å²) in [5, 5.41) is 9.48. The van der Waals surface area contributed by atoms with Gasteiger partial charge in [0.15, 0.2) is 0 Å². The van der Waals surface area contributed by atoms with Crippen molar-refractivity contribution in [3.8, 4) is 0 Å². The van der Waals surface area contributed by atoms with E-state index >= 15 is 0 Å². The van der Waals surface area contributed by atoms with Gasteiger partial charge in [-0.15, -0.1) is 0 Å². The molecule has 2 heterocycles. The number of urea groups is 1. The number of carbonyl (C=O) groups is 2. The highest BCUT2D eigenvalue weighted by molar-refractivity contribution is 7.99. The van der Waals surface area contributed by atoms with E-state index < -0.39 is 11.4 Å². The van der Waals surface area contributed by atoms with Crippen molar-refractivity contribution in [3.05, 3.63) is 0 Å². The first kappa shape index (κ1) is 15.5. The van der Waals surface area contributed by atoms with Crippen LogP contribution in [-0.2, 0) is 4.79 Å². The summed E-state index contributed by atoms with van der Waals surface area (Å²) in [5.41, 5.74) is -0.608. The van der Waals surface area contributed by atoms with Crippen LogP contribution in [0.5, 0.6) is 0 Å². The molecule has 0 atom stereocenters. The molecule has 6 heteroatoms. The summed E-state index contributed by atoms with van der Waals surface area (Å²) in [6, 6.07) is 0.0980. The van der Waals surface area contributed by atoms with Crippen LogP contribution in [0.3, 0.4) is 0 Å². The van der Waals surface area contributed by atoms with E-state index in [1.165, 1.54) is 0 Å². The van der Waals surface area contributed by atoms with Gasteiger partial charge in [0.05, 0.1) is 5.41 Å². The average Bonchev–Trinajstić information content (AvgIpc) is 2.48. The van der Waals surface area contributed by atoms with Crippen molar-refractivity contribution < 1.29 is 14.7 Å². The second-order valence-corrected chi connectivity index (χ2v) is 6.93. The second kappa shape index (κ2) is 6.70. The highest BCUT2D eigenvalue weighted by Gasteiger charge is 2.42. The Bertz CT molecular complexity index is 361. The van der Waals surface area contributed by atoms with Crippen LogP contribution in [-0.4, -0.2) is 64.6 Å². The molecular weight excluding hydrogens is 276 g/mol. The van der Waals surface area contributed by atoms with E-state index in [1.807, 2.05) is 28.5 Å². The zero-order valence-electron chi connectivity index (χ0n) is 12.1. The van der Waals surface area contributed by atoms with Crippen molar-refractivity contribution in [1.82, 2.24) is 9.80 Å². The summed E-state index contributed by atoms with van der Waals surface area (Å²) in [6.07, 6.45) is 2.77. The number of rotatable bonds is 3. The van der Waals surface area contributed by atoms with Crippen LogP contribution < -0.4 is 0 Å². The number of nitrogens with zero attached hydrogens (tertiary/aromatic N) is 2. The normalized spacial score (nSPS) is 22.6. The lowest BCUT2D eigenvalue weighted by molar-refractivity contribution is -0.152. The fourth-order valence-electron chi connectivity index (χ4n) is 3.13. The molecule has 20 heavy (non-hydrogen) atoms. The van der Waals surface area contributed by atoms with Gasteiger partial charge in [0.25, 0.3) is 0 Å². The van der Waals surface area contributed by atoms with Gasteiger partial charge in [-0.25, -0.2) is 4.79 Å². The summed E-state index contributed by atoms with van der Waals surface area (Å²) in [7, 11) is 0. The van der Waals surface area contributed by atoms with Crippen LogP contribution in [0.15, 0.2) is 0 Å².